The number of rotatable bonds is 10. The van der Waals surface area contributed by atoms with Crippen LogP contribution < -0.4 is 10.1 Å². The second-order valence-corrected chi connectivity index (χ2v) is 12.6. The second kappa shape index (κ2) is 15.1. The molecule has 8 nitrogen and oxygen atoms in total. The number of amidine groups is 1. The predicted molar refractivity (Wildman–Crippen MR) is 191 cm³/mol. The van der Waals surface area contributed by atoms with Crippen LogP contribution >= 0.6 is 39.3 Å². The van der Waals surface area contributed by atoms with E-state index in [1.807, 2.05) is 48.5 Å². The normalized spacial score (nSPS) is 14.8. The Hall–Kier alpha value is -4.90. The van der Waals surface area contributed by atoms with Gasteiger partial charge in [0.2, 0.25) is 0 Å². The zero-order valence-corrected chi connectivity index (χ0v) is 27.8. The van der Waals surface area contributed by atoms with Gasteiger partial charge in [-0.05, 0) is 89.1 Å². The minimum Gasteiger partial charge on any atom is -0.483 e. The van der Waals surface area contributed by atoms with Crippen LogP contribution in [-0.2, 0) is 16.1 Å². The van der Waals surface area contributed by atoms with E-state index in [9.17, 15) is 9.59 Å². The highest BCUT2D eigenvalue weighted by molar-refractivity contribution is 9.10. The number of thioether (sulfide) groups is 1. The first-order chi connectivity index (χ1) is 22.9. The molecule has 1 aliphatic heterocycles. The average molecular weight is 726 g/mol. The lowest BCUT2D eigenvalue weighted by Crippen LogP contribution is -2.28. The van der Waals surface area contributed by atoms with Gasteiger partial charge in [0, 0.05) is 20.7 Å². The van der Waals surface area contributed by atoms with Crippen LogP contribution in [0.15, 0.2) is 139 Å². The fourth-order valence-electron chi connectivity index (χ4n) is 4.60. The molecule has 0 aliphatic carbocycles. The molecular formula is C36H26BrClN4O4S. The monoisotopic (exact) mass is 724 g/mol. The number of furan rings is 1. The smallest absolute Gasteiger partial charge is 0.267 e. The summed E-state index contributed by atoms with van der Waals surface area (Å²) in [6, 6.07) is 33.8. The number of carbonyl (C=O) groups is 2. The third-order valence-electron chi connectivity index (χ3n) is 6.90. The molecule has 0 unspecified atom stereocenters. The van der Waals surface area contributed by atoms with E-state index in [4.69, 9.17) is 20.8 Å². The Kier molecular flexibility index (Phi) is 10.3. The molecular weight excluding hydrogens is 700 g/mol. The van der Waals surface area contributed by atoms with E-state index in [-0.39, 0.29) is 25.0 Å². The fourth-order valence-corrected chi connectivity index (χ4v) is 6.03. The molecule has 0 bridgehead atoms. The van der Waals surface area contributed by atoms with Gasteiger partial charge in [0.1, 0.15) is 11.5 Å². The lowest BCUT2D eigenvalue weighted by Gasteiger charge is -2.13. The van der Waals surface area contributed by atoms with E-state index in [1.165, 1.54) is 16.7 Å². The molecule has 1 aromatic heterocycles. The van der Waals surface area contributed by atoms with E-state index in [2.05, 4.69) is 43.6 Å². The summed E-state index contributed by atoms with van der Waals surface area (Å²) in [6.07, 6.45) is 4.92. The van der Waals surface area contributed by atoms with Crippen LogP contribution in [0.2, 0.25) is 5.02 Å². The standard InChI is InChI=1S/C36H26BrClN4O4S/c37-28-12-17-32(46-23-34(43)40-30-15-13-29(38)14-16-30)27(19-28)20-33-35(44)42(22-31-7-4-18-45-31)36(47-33)41-39-21-24-8-10-26(11-9-24)25-5-2-1-3-6-25/h1-21H,22-23H2,(H,40,43)/b33-20-,39-21+,41-36-. The molecule has 0 atom stereocenters. The van der Waals surface area contributed by atoms with Crippen molar-refractivity contribution < 1.29 is 18.7 Å². The molecule has 1 N–H and O–H groups in total. The molecule has 234 valence electrons. The first-order valence-electron chi connectivity index (χ1n) is 14.4. The van der Waals surface area contributed by atoms with Gasteiger partial charge < -0.3 is 14.5 Å². The molecule has 4 aromatic carbocycles. The summed E-state index contributed by atoms with van der Waals surface area (Å²) in [5, 5.41) is 12.5. The molecule has 1 fully saturated rings. The van der Waals surface area contributed by atoms with E-state index in [0.717, 1.165) is 21.2 Å². The van der Waals surface area contributed by atoms with Gasteiger partial charge in [-0.15, -0.1) is 5.10 Å². The van der Waals surface area contributed by atoms with Crippen molar-refractivity contribution in [2.75, 3.05) is 11.9 Å². The van der Waals surface area contributed by atoms with Gasteiger partial charge in [-0.2, -0.15) is 5.10 Å². The van der Waals surface area contributed by atoms with Crippen molar-refractivity contribution in [1.29, 1.82) is 0 Å². The van der Waals surface area contributed by atoms with E-state index in [0.29, 0.717) is 37.9 Å². The number of anilines is 1. The highest BCUT2D eigenvalue weighted by atomic mass is 79.9. The Morgan fingerprint density at radius 1 is 0.957 bits per heavy atom. The predicted octanol–water partition coefficient (Wildman–Crippen LogP) is 8.89. The maximum absolute atomic E-state index is 13.7. The summed E-state index contributed by atoms with van der Waals surface area (Å²) < 4.78 is 12.2. The van der Waals surface area contributed by atoms with Crippen molar-refractivity contribution in [2.24, 2.45) is 10.2 Å². The molecule has 11 heteroatoms. The first kappa shape index (κ1) is 32.1. The Bertz CT molecular complexity index is 1960. The summed E-state index contributed by atoms with van der Waals surface area (Å²) in [6.45, 7) is -0.0527. The zero-order valence-electron chi connectivity index (χ0n) is 24.7. The van der Waals surface area contributed by atoms with Crippen molar-refractivity contribution >= 4 is 74.3 Å². The molecule has 0 radical (unpaired) electrons. The number of amides is 2. The van der Waals surface area contributed by atoms with Crippen molar-refractivity contribution in [3.63, 3.8) is 0 Å². The third-order valence-corrected chi connectivity index (χ3v) is 8.64. The Labute approximate surface area is 288 Å². The summed E-state index contributed by atoms with van der Waals surface area (Å²) in [7, 11) is 0. The largest absolute Gasteiger partial charge is 0.483 e. The SMILES string of the molecule is O=C(COc1ccc(Br)cc1/C=C1\S/C(=N\N=C\c2ccc(-c3ccccc3)cc2)N(Cc2ccco2)C1=O)Nc1ccc(Cl)cc1. The molecule has 6 rings (SSSR count). The van der Waals surface area contributed by atoms with Crippen LogP contribution in [0.4, 0.5) is 5.69 Å². The molecule has 47 heavy (non-hydrogen) atoms. The topological polar surface area (TPSA) is 96.5 Å². The number of halogens is 2. The Morgan fingerprint density at radius 3 is 2.47 bits per heavy atom. The maximum atomic E-state index is 13.7. The Morgan fingerprint density at radius 2 is 1.72 bits per heavy atom. The number of hydrogen-bond acceptors (Lipinski definition) is 7. The van der Waals surface area contributed by atoms with Gasteiger partial charge in [-0.25, -0.2) is 0 Å². The van der Waals surface area contributed by atoms with Gasteiger partial charge in [0.15, 0.2) is 11.8 Å². The lowest BCUT2D eigenvalue weighted by atomic mass is 10.0. The van der Waals surface area contributed by atoms with Crippen molar-refractivity contribution in [1.82, 2.24) is 4.90 Å². The number of carbonyl (C=O) groups excluding carboxylic acids is 2. The molecule has 0 saturated carbocycles. The first-order valence-corrected chi connectivity index (χ1v) is 16.4. The van der Waals surface area contributed by atoms with Crippen molar-refractivity contribution in [3.8, 4) is 16.9 Å². The van der Waals surface area contributed by atoms with E-state index in [1.54, 1.807) is 67.1 Å². The molecule has 1 saturated heterocycles. The number of nitrogens with one attached hydrogen (secondary N) is 1. The van der Waals surface area contributed by atoms with Gasteiger partial charge in [-0.1, -0.05) is 82.1 Å². The van der Waals surface area contributed by atoms with Crippen LogP contribution in [0.1, 0.15) is 16.9 Å². The number of benzene rings is 4. The minimum absolute atomic E-state index is 0.184. The number of ether oxygens (including phenoxy) is 1. The van der Waals surface area contributed by atoms with Crippen LogP contribution in [0.5, 0.6) is 5.75 Å². The van der Waals surface area contributed by atoms with Gasteiger partial charge in [0.25, 0.3) is 11.8 Å². The average Bonchev–Trinajstić information content (AvgIpc) is 3.70. The Balaban J connectivity index is 1.20. The zero-order chi connectivity index (χ0) is 32.6. The van der Waals surface area contributed by atoms with Crippen molar-refractivity contribution in [3.05, 3.63) is 147 Å². The van der Waals surface area contributed by atoms with Gasteiger partial charge in [0.05, 0.1) is 23.9 Å². The van der Waals surface area contributed by atoms with Crippen LogP contribution in [0, 0.1) is 0 Å². The summed E-state index contributed by atoms with van der Waals surface area (Å²) in [4.78, 5) is 28.2. The van der Waals surface area contributed by atoms with E-state index >= 15 is 0 Å². The minimum atomic E-state index is -0.341. The van der Waals surface area contributed by atoms with Crippen molar-refractivity contribution in [2.45, 2.75) is 6.54 Å². The number of nitrogens with zero attached hydrogens (tertiary/aromatic N) is 3. The fraction of sp³-hybridized carbons (Fsp3) is 0.0556. The molecule has 0 spiro atoms. The highest BCUT2D eigenvalue weighted by Gasteiger charge is 2.34. The van der Waals surface area contributed by atoms with Gasteiger partial charge >= 0.3 is 0 Å². The molecule has 2 heterocycles. The quantitative estimate of drug-likeness (QED) is 0.0882. The highest BCUT2D eigenvalue weighted by Crippen LogP contribution is 2.36. The second-order valence-electron chi connectivity index (χ2n) is 10.2. The summed E-state index contributed by atoms with van der Waals surface area (Å²) in [5.41, 5.74) is 4.31. The summed E-state index contributed by atoms with van der Waals surface area (Å²) >= 11 is 10.6. The van der Waals surface area contributed by atoms with E-state index < -0.39 is 0 Å². The van der Waals surface area contributed by atoms with Gasteiger partial charge in [-0.3, -0.25) is 14.5 Å². The molecule has 5 aromatic rings. The van der Waals surface area contributed by atoms with Crippen LogP contribution in [0.25, 0.3) is 17.2 Å². The van der Waals surface area contributed by atoms with Crippen LogP contribution in [0.3, 0.4) is 0 Å². The molecule has 1 aliphatic rings. The summed E-state index contributed by atoms with van der Waals surface area (Å²) in [5.74, 6) is 0.428. The van der Waals surface area contributed by atoms with Crippen LogP contribution in [-0.4, -0.2) is 34.7 Å². The third kappa shape index (κ3) is 8.48. The maximum Gasteiger partial charge on any atom is 0.267 e. The number of hydrogen-bond donors (Lipinski definition) is 1. The lowest BCUT2D eigenvalue weighted by molar-refractivity contribution is -0.122. The molecule has 2 amide bonds.